The lowest BCUT2D eigenvalue weighted by molar-refractivity contribution is -0.143. The minimum absolute atomic E-state index is 0.00220. The van der Waals surface area contributed by atoms with E-state index in [4.69, 9.17) is 4.74 Å². The van der Waals surface area contributed by atoms with E-state index >= 15 is 0 Å². The van der Waals surface area contributed by atoms with Crippen molar-refractivity contribution >= 4 is 11.9 Å². The Morgan fingerprint density at radius 1 is 0.360 bits per heavy atom. The first-order chi connectivity index (χ1) is 37.0. The summed E-state index contributed by atoms with van der Waals surface area (Å²) < 4.78 is 5.47. The number of ether oxygens (including phenoxy) is 1. The number of hydrogen-bond acceptors (Lipinski definition) is 5. The SMILES string of the molecule is CCCCC/C=C\CCCCCCCC(=O)OCCCCCCCCCCCCCC/C=C\CCCCCCCCCCC(=O)NC(CO)C(O)/C=C/CCCCCCCCCCCCCCCCCCCCCC. The lowest BCUT2D eigenvalue weighted by Crippen LogP contribution is -2.45. The van der Waals surface area contributed by atoms with E-state index in [1.807, 2.05) is 6.08 Å². The molecule has 0 heterocycles. The Bertz CT molecular complexity index is 1210. The number of hydrogen-bond donors (Lipinski definition) is 3. The Morgan fingerprint density at radius 3 is 0.973 bits per heavy atom. The highest BCUT2D eigenvalue weighted by atomic mass is 16.5. The number of allylic oxidation sites excluding steroid dienone is 5. The van der Waals surface area contributed by atoms with Gasteiger partial charge in [0.1, 0.15) is 0 Å². The van der Waals surface area contributed by atoms with Gasteiger partial charge in [0.05, 0.1) is 25.4 Å². The number of unbranched alkanes of at least 4 members (excludes halogenated alkanes) is 48. The number of nitrogens with one attached hydrogen (secondary N) is 1. The van der Waals surface area contributed by atoms with Crippen molar-refractivity contribution in [1.82, 2.24) is 5.32 Å². The molecule has 0 bridgehead atoms. The molecule has 0 fully saturated rings. The third kappa shape index (κ3) is 61.2. The van der Waals surface area contributed by atoms with E-state index in [2.05, 4.69) is 43.5 Å². The molecule has 0 saturated carbocycles. The summed E-state index contributed by atoms with van der Waals surface area (Å²) >= 11 is 0. The van der Waals surface area contributed by atoms with Crippen LogP contribution in [0.1, 0.15) is 367 Å². The third-order valence-electron chi connectivity index (χ3n) is 15.6. The summed E-state index contributed by atoms with van der Waals surface area (Å²) in [6.45, 7) is 4.90. The van der Waals surface area contributed by atoms with Gasteiger partial charge < -0.3 is 20.3 Å². The summed E-state index contributed by atoms with van der Waals surface area (Å²) in [5.41, 5.74) is 0. The molecule has 0 aliphatic heterocycles. The van der Waals surface area contributed by atoms with E-state index in [0.29, 0.717) is 19.4 Å². The first-order valence-electron chi connectivity index (χ1n) is 33.8. The standard InChI is InChI=1S/C69H131NO5/c1-3-5-7-9-11-13-15-17-18-19-20-21-26-29-32-35-38-41-45-49-53-57-61-67(72)66(65-71)70-68(73)62-58-54-50-46-42-39-36-33-30-27-24-22-23-25-28-31-34-37-40-44-48-52-56-60-64-75-69(74)63-59-55-51-47-43-16-14-12-10-8-6-4-2/h12,14,24,27,57,61,66-67,71-72H,3-11,13,15-23,25-26,28-56,58-60,62-65H2,1-2H3,(H,70,73)/b14-12-,27-24-,61-57+. The zero-order chi connectivity index (χ0) is 54.3. The van der Waals surface area contributed by atoms with E-state index in [1.54, 1.807) is 6.08 Å². The van der Waals surface area contributed by atoms with Crippen molar-refractivity contribution < 1.29 is 24.5 Å². The Labute approximate surface area is 468 Å². The van der Waals surface area contributed by atoms with Crippen LogP contribution in [0.4, 0.5) is 0 Å². The molecular formula is C69H131NO5. The summed E-state index contributed by atoms with van der Waals surface area (Å²) in [7, 11) is 0. The Morgan fingerprint density at radius 2 is 0.627 bits per heavy atom. The van der Waals surface area contributed by atoms with Crippen LogP contribution in [-0.4, -0.2) is 47.4 Å². The van der Waals surface area contributed by atoms with Gasteiger partial charge in [-0.15, -0.1) is 0 Å². The molecule has 0 aromatic carbocycles. The van der Waals surface area contributed by atoms with Gasteiger partial charge in [-0.3, -0.25) is 9.59 Å². The second kappa shape index (κ2) is 64.6. The third-order valence-corrected chi connectivity index (χ3v) is 15.6. The number of amides is 1. The molecule has 0 aliphatic carbocycles. The molecule has 2 atom stereocenters. The summed E-state index contributed by atoms with van der Waals surface area (Å²) in [4.78, 5) is 24.5. The Hall–Kier alpha value is -1.92. The summed E-state index contributed by atoms with van der Waals surface area (Å²) in [6.07, 6.45) is 82.1. The normalized spacial score (nSPS) is 12.7. The quantitative estimate of drug-likeness (QED) is 0.0320. The van der Waals surface area contributed by atoms with Gasteiger partial charge in [0.25, 0.3) is 0 Å². The van der Waals surface area contributed by atoms with Crippen molar-refractivity contribution in [3.63, 3.8) is 0 Å². The molecule has 0 aliphatic rings. The fourth-order valence-corrected chi connectivity index (χ4v) is 10.4. The maximum Gasteiger partial charge on any atom is 0.305 e. The highest BCUT2D eigenvalue weighted by Gasteiger charge is 2.18. The van der Waals surface area contributed by atoms with Gasteiger partial charge in [0.15, 0.2) is 0 Å². The van der Waals surface area contributed by atoms with Crippen molar-refractivity contribution in [2.75, 3.05) is 13.2 Å². The molecule has 0 saturated heterocycles. The van der Waals surface area contributed by atoms with Gasteiger partial charge in [-0.1, -0.05) is 307 Å². The van der Waals surface area contributed by atoms with E-state index in [9.17, 15) is 19.8 Å². The number of carbonyl (C=O) groups is 2. The van der Waals surface area contributed by atoms with E-state index in [0.717, 1.165) is 44.9 Å². The smallest absolute Gasteiger partial charge is 0.305 e. The van der Waals surface area contributed by atoms with Gasteiger partial charge in [-0.25, -0.2) is 0 Å². The summed E-state index contributed by atoms with van der Waals surface area (Å²) in [5.74, 6) is -0.0671. The number of esters is 1. The second-order valence-electron chi connectivity index (χ2n) is 23.1. The van der Waals surface area contributed by atoms with Crippen LogP contribution in [0.15, 0.2) is 36.5 Å². The molecule has 0 aromatic heterocycles. The fraction of sp³-hybridized carbons (Fsp3) is 0.884. The predicted molar refractivity (Wildman–Crippen MR) is 329 cm³/mol. The van der Waals surface area contributed by atoms with Crippen molar-refractivity contribution in [3.05, 3.63) is 36.5 Å². The number of aliphatic hydroxyl groups is 2. The fourth-order valence-electron chi connectivity index (χ4n) is 10.4. The molecular weight excluding hydrogens is 923 g/mol. The van der Waals surface area contributed by atoms with Crippen LogP contribution >= 0.6 is 0 Å². The molecule has 0 spiro atoms. The molecule has 2 unspecified atom stereocenters. The first-order valence-corrected chi connectivity index (χ1v) is 33.8. The molecule has 0 radical (unpaired) electrons. The van der Waals surface area contributed by atoms with E-state index in [-0.39, 0.29) is 18.5 Å². The van der Waals surface area contributed by atoms with Crippen molar-refractivity contribution in [1.29, 1.82) is 0 Å². The molecule has 0 rings (SSSR count). The lowest BCUT2D eigenvalue weighted by Gasteiger charge is -2.20. The van der Waals surface area contributed by atoms with Crippen LogP contribution in [0.2, 0.25) is 0 Å². The van der Waals surface area contributed by atoms with Gasteiger partial charge in [-0.05, 0) is 83.5 Å². The lowest BCUT2D eigenvalue weighted by atomic mass is 10.0. The first kappa shape index (κ1) is 73.1. The van der Waals surface area contributed by atoms with Gasteiger partial charge in [0, 0.05) is 12.8 Å². The number of aliphatic hydroxyl groups excluding tert-OH is 2. The van der Waals surface area contributed by atoms with Crippen LogP contribution in [0.25, 0.3) is 0 Å². The largest absolute Gasteiger partial charge is 0.466 e. The monoisotopic (exact) mass is 1050 g/mol. The van der Waals surface area contributed by atoms with Crippen LogP contribution in [-0.2, 0) is 14.3 Å². The Kier molecular flexibility index (Phi) is 63.0. The van der Waals surface area contributed by atoms with Crippen LogP contribution in [0.3, 0.4) is 0 Å². The molecule has 0 aromatic rings. The molecule has 75 heavy (non-hydrogen) atoms. The van der Waals surface area contributed by atoms with Gasteiger partial charge in [0.2, 0.25) is 5.91 Å². The topological polar surface area (TPSA) is 95.9 Å². The molecule has 3 N–H and O–H groups in total. The zero-order valence-corrected chi connectivity index (χ0v) is 50.5. The summed E-state index contributed by atoms with van der Waals surface area (Å²) in [6, 6.07) is -0.633. The minimum Gasteiger partial charge on any atom is -0.466 e. The van der Waals surface area contributed by atoms with Gasteiger partial charge >= 0.3 is 5.97 Å². The van der Waals surface area contributed by atoms with Crippen molar-refractivity contribution in [3.8, 4) is 0 Å². The zero-order valence-electron chi connectivity index (χ0n) is 50.5. The van der Waals surface area contributed by atoms with Crippen molar-refractivity contribution in [2.45, 2.75) is 379 Å². The summed E-state index contributed by atoms with van der Waals surface area (Å²) in [5, 5.41) is 23.2. The minimum atomic E-state index is -0.849. The van der Waals surface area contributed by atoms with E-state index in [1.165, 1.54) is 295 Å². The highest BCUT2D eigenvalue weighted by molar-refractivity contribution is 5.76. The molecule has 6 nitrogen and oxygen atoms in total. The number of carbonyl (C=O) groups excluding carboxylic acids is 2. The van der Waals surface area contributed by atoms with Crippen LogP contribution < -0.4 is 5.32 Å². The van der Waals surface area contributed by atoms with Gasteiger partial charge in [-0.2, -0.15) is 0 Å². The van der Waals surface area contributed by atoms with Crippen molar-refractivity contribution in [2.24, 2.45) is 0 Å². The molecule has 1 amide bonds. The predicted octanol–water partition coefficient (Wildman–Crippen LogP) is 21.5. The number of rotatable bonds is 63. The second-order valence-corrected chi connectivity index (χ2v) is 23.1. The van der Waals surface area contributed by atoms with Crippen LogP contribution in [0.5, 0.6) is 0 Å². The maximum atomic E-state index is 12.5. The Balaban J connectivity index is 3.44. The average Bonchev–Trinajstić information content (AvgIpc) is 3.41. The van der Waals surface area contributed by atoms with E-state index < -0.39 is 12.1 Å². The average molecular weight is 1050 g/mol. The maximum absolute atomic E-state index is 12.5. The molecule has 6 heteroatoms. The molecule has 442 valence electrons. The van der Waals surface area contributed by atoms with Crippen LogP contribution in [0, 0.1) is 0 Å². The highest BCUT2D eigenvalue weighted by Crippen LogP contribution is 2.18.